The summed E-state index contributed by atoms with van der Waals surface area (Å²) in [5.74, 6) is -0.0982. The van der Waals surface area contributed by atoms with E-state index in [1.807, 2.05) is 54.5 Å². The van der Waals surface area contributed by atoms with Gasteiger partial charge in [0.2, 0.25) is 11.8 Å². The van der Waals surface area contributed by atoms with Crippen molar-refractivity contribution in [3.8, 4) is 0 Å². The first-order valence-corrected chi connectivity index (χ1v) is 13.6. The molecule has 0 saturated carbocycles. The van der Waals surface area contributed by atoms with Crippen molar-refractivity contribution in [2.45, 2.75) is 98.7 Å². The molecule has 1 aromatic rings. The Hall–Kier alpha value is -2.61. The molecule has 0 aliphatic rings. The number of nitrogens with one attached hydrogen (secondary N) is 3. The van der Waals surface area contributed by atoms with Gasteiger partial charge < -0.3 is 20.7 Å². The molecule has 0 aliphatic carbocycles. The number of aromatic nitrogens is 1. The summed E-state index contributed by atoms with van der Waals surface area (Å²) in [6.45, 7) is 14.4. The predicted octanol–water partition coefficient (Wildman–Crippen LogP) is 3.48. The predicted molar refractivity (Wildman–Crippen MR) is 147 cm³/mol. The van der Waals surface area contributed by atoms with Gasteiger partial charge in [-0.25, -0.2) is 0 Å². The van der Waals surface area contributed by atoms with Crippen molar-refractivity contribution in [3.05, 3.63) is 30.1 Å². The SMILES string of the molecule is CC(C)C[C@@H](C=O)NCCC(=O)[C@H](CC(C)C)NC(=O)[C@H](CC(C)C)[C@@H](C)NC(=O)Cc1cccnc1. The Morgan fingerprint density at radius 1 is 0.919 bits per heavy atom. The summed E-state index contributed by atoms with van der Waals surface area (Å²) in [5.41, 5.74) is 0.804. The molecule has 0 fully saturated rings. The molecule has 1 aromatic heterocycles. The summed E-state index contributed by atoms with van der Waals surface area (Å²) < 4.78 is 0. The highest BCUT2D eigenvalue weighted by Crippen LogP contribution is 2.18. The van der Waals surface area contributed by atoms with Crippen molar-refractivity contribution in [2.24, 2.45) is 23.7 Å². The number of ketones is 1. The molecule has 0 unspecified atom stereocenters. The monoisotopic (exact) mass is 516 g/mol. The Bertz CT molecular complexity index is 842. The molecule has 0 aliphatic heterocycles. The number of amides is 2. The van der Waals surface area contributed by atoms with E-state index in [9.17, 15) is 19.2 Å². The van der Waals surface area contributed by atoms with Crippen LogP contribution in [0.1, 0.15) is 79.7 Å². The van der Waals surface area contributed by atoms with Crippen LogP contribution in [-0.2, 0) is 25.6 Å². The summed E-state index contributed by atoms with van der Waals surface area (Å²) >= 11 is 0. The van der Waals surface area contributed by atoms with Crippen LogP contribution in [0.2, 0.25) is 0 Å². The maximum Gasteiger partial charge on any atom is 0.225 e. The Kier molecular flexibility index (Phi) is 14.9. The van der Waals surface area contributed by atoms with Gasteiger partial charge >= 0.3 is 0 Å². The lowest BCUT2D eigenvalue weighted by molar-refractivity contribution is -0.132. The minimum Gasteiger partial charge on any atom is -0.353 e. The lowest BCUT2D eigenvalue weighted by atomic mass is 9.89. The Morgan fingerprint density at radius 3 is 2.11 bits per heavy atom. The lowest BCUT2D eigenvalue weighted by Crippen LogP contribution is -2.51. The van der Waals surface area contributed by atoms with Crippen LogP contribution in [0.5, 0.6) is 0 Å². The van der Waals surface area contributed by atoms with Gasteiger partial charge in [-0.15, -0.1) is 0 Å². The van der Waals surface area contributed by atoms with E-state index in [2.05, 4.69) is 20.9 Å². The highest BCUT2D eigenvalue weighted by molar-refractivity contribution is 5.90. The summed E-state index contributed by atoms with van der Waals surface area (Å²) in [7, 11) is 0. The molecule has 0 spiro atoms. The molecule has 1 heterocycles. The average molecular weight is 517 g/mol. The van der Waals surface area contributed by atoms with Gasteiger partial charge in [0, 0.05) is 31.4 Å². The van der Waals surface area contributed by atoms with Crippen LogP contribution in [0.4, 0.5) is 0 Å². The molecular formula is C29H48N4O4. The highest BCUT2D eigenvalue weighted by atomic mass is 16.2. The third kappa shape index (κ3) is 13.5. The molecule has 0 bridgehead atoms. The second kappa shape index (κ2) is 17.0. The van der Waals surface area contributed by atoms with Gasteiger partial charge in [-0.3, -0.25) is 19.4 Å². The van der Waals surface area contributed by atoms with Crippen LogP contribution in [0.25, 0.3) is 0 Å². The van der Waals surface area contributed by atoms with Crippen molar-refractivity contribution in [2.75, 3.05) is 6.54 Å². The zero-order valence-corrected chi connectivity index (χ0v) is 23.8. The van der Waals surface area contributed by atoms with Crippen LogP contribution in [-0.4, -0.2) is 53.5 Å². The molecule has 1 rings (SSSR count). The quantitative estimate of drug-likeness (QED) is 0.257. The molecule has 2 amide bonds. The fourth-order valence-corrected chi connectivity index (χ4v) is 4.41. The number of carbonyl (C=O) groups excluding carboxylic acids is 4. The molecular weight excluding hydrogens is 468 g/mol. The molecule has 0 aromatic carbocycles. The summed E-state index contributed by atoms with van der Waals surface area (Å²) in [4.78, 5) is 54.5. The molecule has 8 heteroatoms. The van der Waals surface area contributed by atoms with Crippen LogP contribution >= 0.6 is 0 Å². The van der Waals surface area contributed by atoms with E-state index in [0.29, 0.717) is 31.7 Å². The molecule has 3 N–H and O–H groups in total. The fraction of sp³-hybridized carbons (Fsp3) is 0.690. The van der Waals surface area contributed by atoms with Gasteiger partial charge in [-0.2, -0.15) is 0 Å². The minimum absolute atomic E-state index is 0.0553. The Labute approximate surface area is 223 Å². The molecule has 0 radical (unpaired) electrons. The number of carbonyl (C=O) groups is 4. The van der Waals surface area contributed by atoms with Gasteiger partial charge in [0.05, 0.1) is 24.4 Å². The maximum absolute atomic E-state index is 13.4. The number of hydrogen-bond donors (Lipinski definition) is 3. The summed E-state index contributed by atoms with van der Waals surface area (Å²) in [5, 5.41) is 9.11. The number of Topliss-reactive ketones (excluding diaryl/α,β-unsaturated/α-hetero) is 1. The van der Waals surface area contributed by atoms with Crippen LogP contribution in [0.3, 0.4) is 0 Å². The standard InChI is InChI=1S/C29H48N4O4/c1-19(2)13-24(18-34)31-12-10-27(35)26(15-21(5)6)33-29(37)25(14-20(3)4)22(7)32-28(36)16-23-9-8-11-30-17-23/h8-9,11,17-22,24-26,31H,10,12-16H2,1-7H3,(H,32,36)(H,33,37)/t22-,24+,25-,26+/m1/s1. The number of rotatable bonds is 18. The molecule has 37 heavy (non-hydrogen) atoms. The van der Waals surface area contributed by atoms with E-state index in [1.54, 1.807) is 18.5 Å². The maximum atomic E-state index is 13.4. The molecule has 0 saturated heterocycles. The van der Waals surface area contributed by atoms with Gasteiger partial charge in [0.1, 0.15) is 6.29 Å². The first-order valence-electron chi connectivity index (χ1n) is 13.6. The summed E-state index contributed by atoms with van der Waals surface area (Å²) in [6, 6.07) is 2.34. The first kappa shape index (κ1) is 32.4. The van der Waals surface area contributed by atoms with Crippen LogP contribution in [0.15, 0.2) is 24.5 Å². The van der Waals surface area contributed by atoms with E-state index < -0.39 is 18.0 Å². The normalized spacial score (nSPS) is 14.8. The van der Waals surface area contributed by atoms with Gasteiger partial charge in [0.15, 0.2) is 5.78 Å². The summed E-state index contributed by atoms with van der Waals surface area (Å²) in [6.07, 6.45) is 6.44. The van der Waals surface area contributed by atoms with Crippen molar-refractivity contribution in [1.29, 1.82) is 0 Å². The van der Waals surface area contributed by atoms with E-state index in [1.165, 1.54) is 0 Å². The highest BCUT2D eigenvalue weighted by Gasteiger charge is 2.31. The van der Waals surface area contributed by atoms with Gasteiger partial charge in [0.25, 0.3) is 0 Å². The molecule has 4 atom stereocenters. The lowest BCUT2D eigenvalue weighted by Gasteiger charge is -2.28. The number of hydrogen-bond acceptors (Lipinski definition) is 6. The third-order valence-electron chi connectivity index (χ3n) is 6.22. The third-order valence-corrected chi connectivity index (χ3v) is 6.22. The number of aldehydes is 1. The minimum atomic E-state index is -0.609. The first-order chi connectivity index (χ1) is 17.4. The fourth-order valence-electron chi connectivity index (χ4n) is 4.41. The van der Waals surface area contributed by atoms with Crippen molar-refractivity contribution >= 4 is 23.9 Å². The van der Waals surface area contributed by atoms with Crippen molar-refractivity contribution < 1.29 is 19.2 Å². The smallest absolute Gasteiger partial charge is 0.225 e. The topological polar surface area (TPSA) is 117 Å². The Balaban J connectivity index is 2.83. The van der Waals surface area contributed by atoms with E-state index >= 15 is 0 Å². The second-order valence-corrected chi connectivity index (χ2v) is 11.4. The Morgan fingerprint density at radius 2 is 1.57 bits per heavy atom. The van der Waals surface area contributed by atoms with Gasteiger partial charge in [-0.1, -0.05) is 47.6 Å². The van der Waals surface area contributed by atoms with E-state index in [4.69, 9.17) is 0 Å². The van der Waals surface area contributed by atoms with Crippen LogP contribution in [0, 0.1) is 23.7 Å². The molecule has 8 nitrogen and oxygen atoms in total. The zero-order valence-electron chi connectivity index (χ0n) is 23.8. The molecule has 208 valence electrons. The van der Waals surface area contributed by atoms with E-state index in [-0.39, 0.29) is 48.3 Å². The number of nitrogens with zero attached hydrogens (tertiary/aromatic N) is 1. The van der Waals surface area contributed by atoms with Crippen LogP contribution < -0.4 is 16.0 Å². The van der Waals surface area contributed by atoms with Crippen molar-refractivity contribution in [3.63, 3.8) is 0 Å². The van der Waals surface area contributed by atoms with Gasteiger partial charge in [-0.05, 0) is 55.6 Å². The van der Waals surface area contributed by atoms with Crippen molar-refractivity contribution in [1.82, 2.24) is 20.9 Å². The largest absolute Gasteiger partial charge is 0.353 e. The second-order valence-electron chi connectivity index (χ2n) is 11.4. The van der Waals surface area contributed by atoms with E-state index in [0.717, 1.165) is 11.8 Å². The number of pyridine rings is 1. The average Bonchev–Trinajstić information content (AvgIpc) is 2.81. The zero-order chi connectivity index (χ0) is 28.0.